The molecule has 2 amide bonds. The van der Waals surface area contributed by atoms with Crippen LogP contribution in [0.1, 0.15) is 27.3 Å². The molecule has 0 unspecified atom stereocenters. The monoisotopic (exact) mass is 532 g/mol. The van der Waals surface area contributed by atoms with E-state index in [-0.39, 0.29) is 29.5 Å². The first kappa shape index (κ1) is 24.4. The topological polar surface area (TPSA) is 132 Å². The van der Waals surface area contributed by atoms with E-state index < -0.39 is 10.8 Å². The maximum atomic E-state index is 12.4. The van der Waals surface area contributed by atoms with E-state index in [9.17, 15) is 19.7 Å². The molecule has 0 atom stereocenters. The summed E-state index contributed by atoms with van der Waals surface area (Å²) in [6.07, 6.45) is 0. The molecule has 33 heavy (non-hydrogen) atoms. The Balaban J connectivity index is 1.56. The molecule has 0 saturated carbocycles. The molecule has 172 valence electrons. The van der Waals surface area contributed by atoms with Gasteiger partial charge in [-0.1, -0.05) is 33.8 Å². The van der Waals surface area contributed by atoms with Crippen molar-refractivity contribution in [3.05, 3.63) is 73.5 Å². The molecule has 0 spiro atoms. The fourth-order valence-electron chi connectivity index (χ4n) is 3.06. The van der Waals surface area contributed by atoms with Crippen molar-refractivity contribution in [2.45, 2.75) is 25.5 Å². The summed E-state index contributed by atoms with van der Waals surface area (Å²) in [6, 6.07) is 9.35. The molecule has 10 nitrogen and oxygen atoms in total. The number of carbonyl (C=O) groups is 2. The third kappa shape index (κ3) is 6.17. The molecule has 1 heterocycles. The average Bonchev–Trinajstić information content (AvgIpc) is 3.12. The Kier molecular flexibility index (Phi) is 7.82. The van der Waals surface area contributed by atoms with Crippen molar-refractivity contribution in [2.75, 3.05) is 11.1 Å². The minimum absolute atomic E-state index is 0.0784. The Labute approximate surface area is 202 Å². The summed E-state index contributed by atoms with van der Waals surface area (Å²) in [6.45, 7) is 3.93. The van der Waals surface area contributed by atoms with Gasteiger partial charge >= 0.3 is 0 Å². The van der Waals surface area contributed by atoms with E-state index in [2.05, 4.69) is 36.8 Å². The highest BCUT2D eigenvalue weighted by Gasteiger charge is 2.15. The number of non-ortho nitro benzene ring substituents is 1. The van der Waals surface area contributed by atoms with Gasteiger partial charge in [-0.3, -0.25) is 19.7 Å². The summed E-state index contributed by atoms with van der Waals surface area (Å²) < 4.78 is 2.64. The molecule has 0 radical (unpaired) electrons. The molecule has 0 fully saturated rings. The Bertz CT molecular complexity index is 1210. The van der Waals surface area contributed by atoms with Gasteiger partial charge in [0, 0.05) is 34.9 Å². The molecule has 2 aromatic carbocycles. The lowest BCUT2D eigenvalue weighted by molar-refractivity contribution is -0.384. The van der Waals surface area contributed by atoms with Crippen molar-refractivity contribution < 1.29 is 14.5 Å². The first-order valence-electron chi connectivity index (χ1n) is 9.76. The fourth-order valence-corrected chi connectivity index (χ4v) is 4.48. The third-order valence-corrected chi connectivity index (χ3v) is 6.22. The van der Waals surface area contributed by atoms with E-state index in [1.165, 1.54) is 36.0 Å². The van der Waals surface area contributed by atoms with Crippen LogP contribution in [0.2, 0.25) is 0 Å². The molecular weight excluding hydrogens is 512 g/mol. The largest absolute Gasteiger partial charge is 0.345 e. The van der Waals surface area contributed by atoms with E-state index in [1.807, 2.05) is 26.0 Å². The summed E-state index contributed by atoms with van der Waals surface area (Å²) in [5.74, 6) is -0.00937. The number of nitro groups is 1. The lowest BCUT2D eigenvalue weighted by atomic mass is 10.1. The second-order valence-corrected chi connectivity index (χ2v) is 9.06. The predicted molar refractivity (Wildman–Crippen MR) is 128 cm³/mol. The number of halogens is 1. The zero-order valence-electron chi connectivity index (χ0n) is 18.1. The number of thioether (sulfide) groups is 1. The minimum Gasteiger partial charge on any atom is -0.345 e. The van der Waals surface area contributed by atoms with Crippen molar-refractivity contribution >= 4 is 50.9 Å². The third-order valence-electron chi connectivity index (χ3n) is 4.75. The smallest absolute Gasteiger partial charge is 0.270 e. The molecule has 2 N–H and O–H groups in total. The highest BCUT2D eigenvalue weighted by atomic mass is 79.9. The quantitative estimate of drug-likeness (QED) is 0.256. The van der Waals surface area contributed by atoms with Crippen molar-refractivity contribution in [3.63, 3.8) is 0 Å². The zero-order valence-corrected chi connectivity index (χ0v) is 20.5. The number of aromatic nitrogens is 3. The van der Waals surface area contributed by atoms with Gasteiger partial charge in [0.2, 0.25) is 5.91 Å². The molecule has 3 rings (SSSR count). The SMILES string of the molecule is Cc1cc(Br)cc(C)c1NC(=O)CSc1nnc(CNC(=O)c2cccc([N+](=O)[O-])c2)n1C. The van der Waals surface area contributed by atoms with Crippen LogP contribution in [-0.2, 0) is 18.4 Å². The number of hydrogen-bond donors (Lipinski definition) is 2. The van der Waals surface area contributed by atoms with Gasteiger partial charge in [0.05, 0.1) is 17.2 Å². The zero-order chi connectivity index (χ0) is 24.1. The number of nitrogens with zero attached hydrogens (tertiary/aromatic N) is 4. The van der Waals surface area contributed by atoms with E-state index >= 15 is 0 Å². The van der Waals surface area contributed by atoms with Crippen LogP contribution in [0.3, 0.4) is 0 Å². The number of rotatable bonds is 8. The van der Waals surface area contributed by atoms with Crippen LogP contribution < -0.4 is 10.6 Å². The maximum Gasteiger partial charge on any atom is 0.270 e. The first-order chi connectivity index (χ1) is 15.7. The molecule has 1 aromatic heterocycles. The average molecular weight is 533 g/mol. The number of nitro benzene ring substituents is 1. The van der Waals surface area contributed by atoms with Crippen LogP contribution in [0.4, 0.5) is 11.4 Å². The van der Waals surface area contributed by atoms with Crippen molar-refractivity contribution in [2.24, 2.45) is 7.05 Å². The molecule has 0 aliphatic heterocycles. The van der Waals surface area contributed by atoms with Gasteiger partial charge in [0.1, 0.15) is 0 Å². The number of benzene rings is 2. The van der Waals surface area contributed by atoms with Crippen molar-refractivity contribution in [1.29, 1.82) is 0 Å². The van der Waals surface area contributed by atoms with Crippen LogP contribution in [0, 0.1) is 24.0 Å². The minimum atomic E-state index is -0.557. The molecule has 3 aromatic rings. The standard InChI is InChI=1S/C21H21BrN6O4S/c1-12-7-15(22)8-13(2)19(12)24-18(29)11-33-21-26-25-17(27(21)3)10-23-20(30)14-5-4-6-16(9-14)28(31)32/h4-9H,10-11H2,1-3H3,(H,23,30)(H,24,29). The predicted octanol–water partition coefficient (Wildman–Crippen LogP) is 3.76. The highest BCUT2D eigenvalue weighted by molar-refractivity contribution is 9.10. The van der Waals surface area contributed by atoms with E-state index in [1.54, 1.807) is 11.6 Å². The summed E-state index contributed by atoms with van der Waals surface area (Å²) in [4.78, 5) is 35.1. The van der Waals surface area contributed by atoms with E-state index in [0.717, 1.165) is 21.3 Å². The normalized spacial score (nSPS) is 10.7. The first-order valence-corrected chi connectivity index (χ1v) is 11.5. The van der Waals surface area contributed by atoms with Crippen molar-refractivity contribution in [3.8, 4) is 0 Å². The molecular formula is C21H21BrN6O4S. The second kappa shape index (κ2) is 10.6. The van der Waals surface area contributed by atoms with Gasteiger partial charge < -0.3 is 15.2 Å². The van der Waals surface area contributed by atoms with Crippen LogP contribution in [-0.4, -0.2) is 37.3 Å². The van der Waals surface area contributed by atoms with Crippen LogP contribution >= 0.6 is 27.7 Å². The van der Waals surface area contributed by atoms with Crippen LogP contribution in [0.5, 0.6) is 0 Å². The van der Waals surface area contributed by atoms with Crippen LogP contribution in [0.25, 0.3) is 0 Å². The van der Waals surface area contributed by atoms with E-state index in [0.29, 0.717) is 11.0 Å². The summed E-state index contributed by atoms with van der Waals surface area (Å²) >= 11 is 4.67. The Morgan fingerprint density at radius 3 is 2.55 bits per heavy atom. The van der Waals surface area contributed by atoms with Gasteiger partial charge in [0.15, 0.2) is 11.0 Å². The second-order valence-electron chi connectivity index (χ2n) is 7.20. The summed E-state index contributed by atoms with van der Waals surface area (Å²) in [5.41, 5.74) is 2.72. The highest BCUT2D eigenvalue weighted by Crippen LogP contribution is 2.25. The van der Waals surface area contributed by atoms with Gasteiger partial charge in [-0.05, 0) is 43.2 Å². The van der Waals surface area contributed by atoms with Crippen molar-refractivity contribution in [1.82, 2.24) is 20.1 Å². The number of amides is 2. The molecule has 0 saturated heterocycles. The molecule has 0 bridgehead atoms. The lowest BCUT2D eigenvalue weighted by Gasteiger charge is -2.12. The number of anilines is 1. The molecule has 0 aliphatic rings. The number of aryl methyl sites for hydroxylation is 2. The number of carbonyl (C=O) groups excluding carboxylic acids is 2. The van der Waals surface area contributed by atoms with Gasteiger partial charge in [0.25, 0.3) is 11.6 Å². The van der Waals surface area contributed by atoms with Gasteiger partial charge in [-0.2, -0.15) is 0 Å². The summed E-state index contributed by atoms with van der Waals surface area (Å²) in [7, 11) is 1.73. The summed E-state index contributed by atoms with van der Waals surface area (Å²) in [5, 5.41) is 25.1. The Hall–Kier alpha value is -3.25. The molecule has 0 aliphatic carbocycles. The maximum absolute atomic E-state index is 12.4. The lowest BCUT2D eigenvalue weighted by Crippen LogP contribution is -2.24. The number of nitrogens with one attached hydrogen (secondary N) is 2. The fraction of sp³-hybridized carbons (Fsp3) is 0.238. The Morgan fingerprint density at radius 2 is 1.88 bits per heavy atom. The van der Waals surface area contributed by atoms with Gasteiger partial charge in [-0.15, -0.1) is 10.2 Å². The van der Waals surface area contributed by atoms with Crippen LogP contribution in [0.15, 0.2) is 46.0 Å². The number of hydrogen-bond acceptors (Lipinski definition) is 7. The van der Waals surface area contributed by atoms with E-state index in [4.69, 9.17) is 0 Å². The Morgan fingerprint density at radius 1 is 1.18 bits per heavy atom. The molecule has 12 heteroatoms. The van der Waals surface area contributed by atoms with Gasteiger partial charge in [-0.25, -0.2) is 0 Å².